The van der Waals surface area contributed by atoms with E-state index >= 15 is 0 Å². The molecule has 8 heavy (non-hydrogen) atoms. The number of halogens is 1. The molecule has 1 aliphatic heterocycles. The van der Waals surface area contributed by atoms with E-state index in [0.29, 0.717) is 13.2 Å². The molecule has 0 aliphatic carbocycles. The van der Waals surface area contributed by atoms with Crippen LogP contribution in [0.25, 0.3) is 0 Å². The largest absolute Gasteiger partial charge is 0.346 e. The summed E-state index contributed by atoms with van der Waals surface area (Å²) in [5, 5.41) is 0. The zero-order chi connectivity index (χ0) is 5.98. The number of ether oxygens (including phenoxy) is 2. The van der Waals surface area contributed by atoms with Gasteiger partial charge in [-0.05, 0) is 0 Å². The zero-order valence-corrected chi connectivity index (χ0v) is 5.98. The predicted molar refractivity (Wildman–Crippen MR) is 33.8 cm³/mol. The fraction of sp³-hybridized carbons (Fsp3) is 0.600. The summed E-state index contributed by atoms with van der Waals surface area (Å²) in [5.41, 5.74) is 0. The lowest BCUT2D eigenvalue weighted by atomic mass is 10.6. The van der Waals surface area contributed by atoms with Crippen molar-refractivity contribution in [3.05, 3.63) is 11.1 Å². The van der Waals surface area contributed by atoms with Gasteiger partial charge in [0.2, 0.25) is 0 Å². The molecule has 0 aromatic heterocycles. The summed E-state index contributed by atoms with van der Waals surface area (Å²) in [7, 11) is 0. The maximum absolute atomic E-state index is 5.05. The molecule has 0 saturated carbocycles. The van der Waals surface area contributed by atoms with Crippen molar-refractivity contribution in [2.45, 2.75) is 6.29 Å². The Balaban J connectivity index is 2.35. The maximum Gasteiger partial charge on any atom is 0.189 e. The fourth-order valence-electron chi connectivity index (χ4n) is 0.539. The molecule has 1 aliphatic rings. The summed E-state index contributed by atoms with van der Waals surface area (Å²) in [6.45, 7) is 4.96. The van der Waals surface area contributed by atoms with E-state index in [4.69, 9.17) is 9.47 Å². The van der Waals surface area contributed by atoms with Crippen LogP contribution in [0.15, 0.2) is 11.1 Å². The first-order valence-electron chi connectivity index (χ1n) is 2.38. The Hall–Kier alpha value is 0.140. The Kier molecular flexibility index (Phi) is 2.05. The monoisotopic (exact) mass is 178 g/mol. The lowest BCUT2D eigenvalue weighted by Gasteiger charge is -2.03. The highest BCUT2D eigenvalue weighted by atomic mass is 79.9. The summed E-state index contributed by atoms with van der Waals surface area (Å²) < 4.78 is 10.9. The van der Waals surface area contributed by atoms with E-state index in [9.17, 15) is 0 Å². The SMILES string of the molecule is C=C(Br)C1OCCO1. The first kappa shape index (κ1) is 6.26. The lowest BCUT2D eigenvalue weighted by molar-refractivity contribution is -0.00365. The topological polar surface area (TPSA) is 18.5 Å². The molecule has 3 heteroatoms. The summed E-state index contributed by atoms with van der Waals surface area (Å²) in [6.07, 6.45) is -0.213. The summed E-state index contributed by atoms with van der Waals surface area (Å²) in [4.78, 5) is 0. The zero-order valence-electron chi connectivity index (χ0n) is 4.39. The minimum atomic E-state index is -0.213. The van der Waals surface area contributed by atoms with Crippen LogP contribution in [-0.2, 0) is 9.47 Å². The third-order valence-electron chi connectivity index (χ3n) is 0.878. The number of rotatable bonds is 1. The molecule has 2 nitrogen and oxygen atoms in total. The highest BCUT2D eigenvalue weighted by Gasteiger charge is 2.16. The van der Waals surface area contributed by atoms with Crippen molar-refractivity contribution in [1.82, 2.24) is 0 Å². The van der Waals surface area contributed by atoms with Gasteiger partial charge in [0.1, 0.15) is 0 Å². The number of hydrogen-bond acceptors (Lipinski definition) is 2. The average molecular weight is 179 g/mol. The Labute approximate surface area is 56.6 Å². The molecule has 1 heterocycles. The van der Waals surface area contributed by atoms with Gasteiger partial charge >= 0.3 is 0 Å². The van der Waals surface area contributed by atoms with Crippen LogP contribution in [0, 0.1) is 0 Å². The van der Waals surface area contributed by atoms with Gasteiger partial charge < -0.3 is 9.47 Å². The van der Waals surface area contributed by atoms with Crippen molar-refractivity contribution >= 4 is 15.9 Å². The first-order valence-corrected chi connectivity index (χ1v) is 3.17. The van der Waals surface area contributed by atoms with E-state index < -0.39 is 0 Å². The molecule has 1 fully saturated rings. The van der Waals surface area contributed by atoms with Gasteiger partial charge in [-0.1, -0.05) is 22.5 Å². The molecule has 0 spiro atoms. The summed E-state index contributed by atoms with van der Waals surface area (Å²) in [5.74, 6) is 0. The second kappa shape index (κ2) is 2.62. The second-order valence-electron chi connectivity index (χ2n) is 1.52. The van der Waals surface area contributed by atoms with Crippen molar-refractivity contribution in [3.63, 3.8) is 0 Å². The normalized spacial score (nSPS) is 21.6. The Morgan fingerprint density at radius 1 is 1.50 bits per heavy atom. The van der Waals surface area contributed by atoms with Gasteiger partial charge in [-0.25, -0.2) is 0 Å². The van der Waals surface area contributed by atoms with E-state index in [1.807, 2.05) is 0 Å². The van der Waals surface area contributed by atoms with Crippen molar-refractivity contribution in [2.75, 3.05) is 13.2 Å². The van der Waals surface area contributed by atoms with Crippen LogP contribution >= 0.6 is 15.9 Å². The molecule has 0 amide bonds. The highest BCUT2D eigenvalue weighted by Crippen LogP contribution is 2.16. The first-order chi connectivity index (χ1) is 3.80. The van der Waals surface area contributed by atoms with Gasteiger partial charge in [0.25, 0.3) is 0 Å². The Morgan fingerprint density at radius 2 is 2.00 bits per heavy atom. The molecule has 0 bridgehead atoms. The molecule has 0 N–H and O–H groups in total. The lowest BCUT2D eigenvalue weighted by Crippen LogP contribution is -2.05. The van der Waals surface area contributed by atoms with Gasteiger partial charge in [-0.2, -0.15) is 0 Å². The number of hydrogen-bond donors (Lipinski definition) is 0. The van der Waals surface area contributed by atoms with E-state index in [-0.39, 0.29) is 6.29 Å². The molecule has 0 aromatic rings. The van der Waals surface area contributed by atoms with Crippen molar-refractivity contribution in [3.8, 4) is 0 Å². The fourth-order valence-corrected chi connectivity index (χ4v) is 0.804. The van der Waals surface area contributed by atoms with Crippen LogP contribution in [-0.4, -0.2) is 19.5 Å². The van der Waals surface area contributed by atoms with Crippen LogP contribution in [0.2, 0.25) is 0 Å². The third kappa shape index (κ3) is 1.31. The predicted octanol–water partition coefficient (Wildman–Crippen LogP) is 1.27. The molecular weight excluding hydrogens is 172 g/mol. The maximum atomic E-state index is 5.05. The molecule has 1 rings (SSSR count). The van der Waals surface area contributed by atoms with E-state index in [1.165, 1.54) is 0 Å². The second-order valence-corrected chi connectivity index (χ2v) is 2.54. The molecule has 46 valence electrons. The van der Waals surface area contributed by atoms with Crippen molar-refractivity contribution in [1.29, 1.82) is 0 Å². The van der Waals surface area contributed by atoms with Gasteiger partial charge in [-0.15, -0.1) is 0 Å². The van der Waals surface area contributed by atoms with Crippen LogP contribution in [0.1, 0.15) is 0 Å². The highest BCUT2D eigenvalue weighted by molar-refractivity contribution is 9.11. The molecule has 0 unspecified atom stereocenters. The molecule has 0 atom stereocenters. The van der Waals surface area contributed by atoms with Crippen LogP contribution in [0.3, 0.4) is 0 Å². The Morgan fingerprint density at radius 3 is 2.25 bits per heavy atom. The van der Waals surface area contributed by atoms with Crippen molar-refractivity contribution < 1.29 is 9.47 Å². The van der Waals surface area contributed by atoms with Gasteiger partial charge in [0.05, 0.1) is 13.2 Å². The van der Waals surface area contributed by atoms with Gasteiger partial charge in [0, 0.05) is 4.48 Å². The average Bonchev–Trinajstić information content (AvgIpc) is 2.12. The molecule has 1 saturated heterocycles. The van der Waals surface area contributed by atoms with Gasteiger partial charge in [0.15, 0.2) is 6.29 Å². The van der Waals surface area contributed by atoms with Crippen LogP contribution in [0.5, 0.6) is 0 Å². The van der Waals surface area contributed by atoms with E-state index in [2.05, 4.69) is 22.5 Å². The summed E-state index contributed by atoms with van der Waals surface area (Å²) >= 11 is 3.16. The van der Waals surface area contributed by atoms with E-state index in [0.717, 1.165) is 4.48 Å². The molecule has 0 aromatic carbocycles. The molecule has 0 radical (unpaired) electrons. The minimum Gasteiger partial charge on any atom is -0.346 e. The quantitative estimate of drug-likeness (QED) is 0.603. The summed E-state index contributed by atoms with van der Waals surface area (Å²) in [6, 6.07) is 0. The third-order valence-corrected chi connectivity index (χ3v) is 1.25. The van der Waals surface area contributed by atoms with Gasteiger partial charge in [-0.3, -0.25) is 0 Å². The van der Waals surface area contributed by atoms with Crippen LogP contribution in [0.4, 0.5) is 0 Å². The standard InChI is InChI=1S/C5H7BrO2/c1-4(6)5-7-2-3-8-5/h5H,1-3H2. The molecular formula is C5H7BrO2. The van der Waals surface area contributed by atoms with Crippen molar-refractivity contribution in [2.24, 2.45) is 0 Å². The van der Waals surface area contributed by atoms with Crippen LogP contribution < -0.4 is 0 Å². The Bertz CT molecular complexity index is 96.6. The minimum absolute atomic E-state index is 0.213. The smallest absolute Gasteiger partial charge is 0.189 e. The van der Waals surface area contributed by atoms with E-state index in [1.54, 1.807) is 0 Å².